The predicted octanol–water partition coefficient (Wildman–Crippen LogP) is 3.02. The summed E-state index contributed by atoms with van der Waals surface area (Å²) in [6.07, 6.45) is 1.18. The number of hydrogen-bond acceptors (Lipinski definition) is 4. The van der Waals surface area contributed by atoms with Crippen molar-refractivity contribution in [1.29, 1.82) is 0 Å². The minimum Gasteiger partial charge on any atom is -0.459 e. The summed E-state index contributed by atoms with van der Waals surface area (Å²) in [4.78, 5) is 27.3. The molecule has 0 aliphatic carbocycles. The summed E-state index contributed by atoms with van der Waals surface area (Å²) in [5.41, 5.74) is 1.04. The molecule has 0 radical (unpaired) electrons. The van der Waals surface area contributed by atoms with Gasteiger partial charge in [-0.3, -0.25) is 9.59 Å². The molecule has 27 heavy (non-hydrogen) atoms. The molecule has 1 aromatic heterocycles. The number of furan rings is 1. The zero-order valence-corrected chi connectivity index (χ0v) is 15.9. The number of amides is 2. The average molecular weight is 370 g/mol. The second kappa shape index (κ2) is 8.39. The van der Waals surface area contributed by atoms with Gasteiger partial charge in [0.05, 0.1) is 18.9 Å². The summed E-state index contributed by atoms with van der Waals surface area (Å²) in [5.74, 6) is -0.329. The maximum Gasteiger partial charge on any atom is 0.287 e. The number of nitrogens with zero attached hydrogens (tertiary/aromatic N) is 1. The van der Waals surface area contributed by atoms with E-state index in [0.717, 1.165) is 5.56 Å². The van der Waals surface area contributed by atoms with Crippen LogP contribution in [0.5, 0.6) is 0 Å². The van der Waals surface area contributed by atoms with Crippen molar-refractivity contribution in [1.82, 2.24) is 10.2 Å². The monoisotopic (exact) mass is 370 g/mol. The van der Waals surface area contributed by atoms with Gasteiger partial charge in [0, 0.05) is 6.54 Å². The lowest BCUT2D eigenvalue weighted by atomic mass is 10.0. The van der Waals surface area contributed by atoms with Crippen LogP contribution < -0.4 is 5.32 Å². The molecule has 0 spiro atoms. The summed E-state index contributed by atoms with van der Waals surface area (Å²) in [5, 5.41) is 2.82. The van der Waals surface area contributed by atoms with Crippen LogP contribution in [0, 0.1) is 5.92 Å². The van der Waals surface area contributed by atoms with Gasteiger partial charge in [0.15, 0.2) is 5.76 Å². The van der Waals surface area contributed by atoms with E-state index in [1.54, 1.807) is 17.0 Å². The minimum atomic E-state index is -0.621. The lowest BCUT2D eigenvalue weighted by Crippen LogP contribution is -2.55. The molecule has 2 heterocycles. The number of carbonyl (C=O) groups is 2. The van der Waals surface area contributed by atoms with Crippen LogP contribution in [0.15, 0.2) is 53.1 Å². The Kier molecular flexibility index (Phi) is 5.96. The van der Waals surface area contributed by atoms with Crippen LogP contribution in [0.25, 0.3) is 0 Å². The predicted molar refractivity (Wildman–Crippen MR) is 101 cm³/mol. The van der Waals surface area contributed by atoms with Crippen molar-refractivity contribution in [3.05, 3.63) is 60.1 Å². The lowest BCUT2D eigenvalue weighted by molar-refractivity contribution is -0.147. The molecule has 1 aromatic carbocycles. The Hall–Kier alpha value is -2.60. The van der Waals surface area contributed by atoms with E-state index in [9.17, 15) is 9.59 Å². The number of morpholine rings is 1. The molecule has 1 N–H and O–H groups in total. The van der Waals surface area contributed by atoms with E-state index in [4.69, 9.17) is 9.15 Å². The Labute approximate surface area is 159 Å². The van der Waals surface area contributed by atoms with Crippen LogP contribution in [0.3, 0.4) is 0 Å². The van der Waals surface area contributed by atoms with Crippen LogP contribution in [0.2, 0.25) is 0 Å². The van der Waals surface area contributed by atoms with Crippen molar-refractivity contribution >= 4 is 11.8 Å². The van der Waals surface area contributed by atoms with Gasteiger partial charge in [0.2, 0.25) is 5.91 Å². The Morgan fingerprint density at radius 2 is 1.85 bits per heavy atom. The van der Waals surface area contributed by atoms with Crippen molar-refractivity contribution in [3.8, 4) is 0 Å². The summed E-state index contributed by atoms with van der Waals surface area (Å²) in [7, 11) is 0. The summed E-state index contributed by atoms with van der Waals surface area (Å²) >= 11 is 0. The van der Waals surface area contributed by atoms with Gasteiger partial charge in [0.25, 0.3) is 5.91 Å². The van der Waals surface area contributed by atoms with Crippen molar-refractivity contribution in [2.45, 2.75) is 39.0 Å². The largest absolute Gasteiger partial charge is 0.459 e. The Morgan fingerprint density at radius 3 is 2.48 bits per heavy atom. The van der Waals surface area contributed by atoms with E-state index in [1.807, 2.05) is 51.1 Å². The second-order valence-electron chi connectivity index (χ2n) is 7.26. The maximum atomic E-state index is 13.2. The molecule has 1 fully saturated rings. The first-order chi connectivity index (χ1) is 13.0. The van der Waals surface area contributed by atoms with Crippen LogP contribution in [-0.4, -0.2) is 41.9 Å². The molecular formula is C21H26N2O4. The zero-order valence-electron chi connectivity index (χ0n) is 15.9. The number of hydrogen-bond donors (Lipinski definition) is 1. The van der Waals surface area contributed by atoms with Crippen molar-refractivity contribution in [2.24, 2.45) is 5.92 Å². The van der Waals surface area contributed by atoms with Gasteiger partial charge in [-0.05, 0) is 30.5 Å². The third-order valence-corrected chi connectivity index (χ3v) is 4.71. The molecule has 6 heteroatoms. The number of benzene rings is 1. The number of nitrogens with one attached hydrogen (secondary N) is 1. The SMILES string of the molecule is CC(C)[C@H](NC(=O)c1ccco1)C(=O)N1C[C@@H](C)O[C@@H](c2ccccc2)C1. The molecule has 3 rings (SSSR count). The van der Waals surface area contributed by atoms with Crippen molar-refractivity contribution < 1.29 is 18.7 Å². The quantitative estimate of drug-likeness (QED) is 0.878. The molecule has 6 nitrogen and oxygen atoms in total. The van der Waals surface area contributed by atoms with Gasteiger partial charge in [-0.15, -0.1) is 0 Å². The third-order valence-electron chi connectivity index (χ3n) is 4.71. The fourth-order valence-electron chi connectivity index (χ4n) is 3.31. The Bertz CT molecular complexity index is 758. The van der Waals surface area contributed by atoms with Gasteiger partial charge >= 0.3 is 0 Å². The molecule has 2 aromatic rings. The van der Waals surface area contributed by atoms with Gasteiger partial charge in [0.1, 0.15) is 12.1 Å². The molecule has 1 aliphatic heterocycles. The number of ether oxygens (including phenoxy) is 1. The summed E-state index contributed by atoms with van der Waals surface area (Å²) in [6, 6.07) is 12.5. The van der Waals surface area contributed by atoms with Gasteiger partial charge in [-0.1, -0.05) is 44.2 Å². The average Bonchev–Trinajstić information content (AvgIpc) is 3.20. The highest BCUT2D eigenvalue weighted by molar-refractivity contribution is 5.95. The van der Waals surface area contributed by atoms with Crippen LogP contribution in [0.1, 0.15) is 43.0 Å². The maximum absolute atomic E-state index is 13.2. The topological polar surface area (TPSA) is 71.8 Å². The normalized spacial score (nSPS) is 21.1. The van der Waals surface area contributed by atoms with E-state index in [2.05, 4.69) is 5.32 Å². The van der Waals surface area contributed by atoms with Crippen molar-refractivity contribution in [3.63, 3.8) is 0 Å². The van der Waals surface area contributed by atoms with Gasteiger partial charge < -0.3 is 19.4 Å². The highest BCUT2D eigenvalue weighted by Gasteiger charge is 2.35. The molecule has 3 atom stereocenters. The molecule has 0 saturated carbocycles. The van der Waals surface area contributed by atoms with Crippen LogP contribution in [-0.2, 0) is 9.53 Å². The zero-order chi connectivity index (χ0) is 19.4. The van der Waals surface area contributed by atoms with Gasteiger partial charge in [-0.25, -0.2) is 0 Å². The molecule has 2 amide bonds. The van der Waals surface area contributed by atoms with E-state index in [-0.39, 0.29) is 35.7 Å². The summed E-state index contributed by atoms with van der Waals surface area (Å²) in [6.45, 7) is 6.77. The highest BCUT2D eigenvalue weighted by atomic mass is 16.5. The van der Waals surface area contributed by atoms with Gasteiger partial charge in [-0.2, -0.15) is 0 Å². The van der Waals surface area contributed by atoms with Crippen LogP contribution in [0.4, 0.5) is 0 Å². The molecule has 1 saturated heterocycles. The first-order valence-electron chi connectivity index (χ1n) is 9.29. The van der Waals surface area contributed by atoms with Crippen molar-refractivity contribution in [2.75, 3.05) is 13.1 Å². The fourth-order valence-corrected chi connectivity index (χ4v) is 3.31. The van der Waals surface area contributed by atoms with E-state index in [1.165, 1.54) is 6.26 Å². The fraction of sp³-hybridized carbons (Fsp3) is 0.429. The van der Waals surface area contributed by atoms with E-state index < -0.39 is 6.04 Å². The van der Waals surface area contributed by atoms with Crippen LogP contribution >= 0.6 is 0 Å². The Balaban J connectivity index is 1.73. The summed E-state index contributed by atoms with van der Waals surface area (Å²) < 4.78 is 11.2. The smallest absolute Gasteiger partial charge is 0.287 e. The van der Waals surface area contributed by atoms with E-state index >= 15 is 0 Å². The first-order valence-corrected chi connectivity index (χ1v) is 9.29. The molecule has 1 aliphatic rings. The molecule has 144 valence electrons. The molecule has 0 unspecified atom stereocenters. The number of rotatable bonds is 5. The first kappa shape index (κ1) is 19.2. The lowest BCUT2D eigenvalue weighted by Gasteiger charge is -2.39. The van der Waals surface area contributed by atoms with E-state index in [0.29, 0.717) is 13.1 Å². The second-order valence-corrected chi connectivity index (χ2v) is 7.26. The third kappa shape index (κ3) is 4.57. The Morgan fingerprint density at radius 1 is 1.11 bits per heavy atom. The molecular weight excluding hydrogens is 344 g/mol. The minimum absolute atomic E-state index is 0.0512. The number of carbonyl (C=O) groups excluding carboxylic acids is 2. The standard InChI is InChI=1S/C21H26N2O4/c1-14(2)19(22-20(24)17-10-7-11-26-17)21(25)23-12-15(3)27-18(13-23)16-8-5-4-6-9-16/h4-11,14-15,18-19H,12-13H2,1-3H3,(H,22,24)/t15-,18-,19+/m1/s1. The highest BCUT2D eigenvalue weighted by Crippen LogP contribution is 2.26. The molecule has 0 bridgehead atoms.